The number of hydrogen-bond acceptors (Lipinski definition) is 5. The molecule has 1 aromatic heterocycles. The smallest absolute Gasteiger partial charge is 0.382 e. The molecule has 0 saturated carbocycles. The van der Waals surface area contributed by atoms with Crippen LogP contribution in [-0.2, 0) is 34.9 Å². The summed E-state index contributed by atoms with van der Waals surface area (Å²) in [6, 6.07) is 6.29. The predicted octanol–water partition coefficient (Wildman–Crippen LogP) is 3.31. The first-order valence-electron chi connectivity index (χ1n) is 9.87. The molecule has 34 heavy (non-hydrogen) atoms. The summed E-state index contributed by atoms with van der Waals surface area (Å²) in [5.74, 6) is -2.07. The van der Waals surface area contributed by atoms with Crippen LogP contribution in [0.5, 0.6) is 0 Å². The van der Waals surface area contributed by atoms with Crippen LogP contribution in [0, 0.1) is 11.6 Å². The highest BCUT2D eigenvalue weighted by Crippen LogP contribution is 2.35. The third kappa shape index (κ3) is 5.26. The Morgan fingerprint density at radius 3 is 2.29 bits per heavy atom. The van der Waals surface area contributed by atoms with E-state index in [1.54, 1.807) is 0 Å². The standard InChI is InChI=1S/C21H21F5N4O3S/c1-14(34(32,33)29(2)10-15-3-5-16(6-4-15)21(24,25)26)20(31,11-30-13-27-12-28-30)18-8-7-17(22)9-19(18)23/h3-9,12-14,31H,10-11H2,1-2H3/t14-,20-/m1/s1. The molecule has 0 aliphatic heterocycles. The van der Waals surface area contributed by atoms with Gasteiger partial charge in [-0.2, -0.15) is 18.3 Å². The van der Waals surface area contributed by atoms with Gasteiger partial charge in [0.15, 0.2) is 0 Å². The molecule has 0 aliphatic rings. The largest absolute Gasteiger partial charge is 0.416 e. The van der Waals surface area contributed by atoms with Crippen molar-refractivity contribution < 1.29 is 35.5 Å². The van der Waals surface area contributed by atoms with Crippen LogP contribution in [0.25, 0.3) is 0 Å². The monoisotopic (exact) mass is 504 g/mol. The average Bonchev–Trinajstić information content (AvgIpc) is 3.25. The Morgan fingerprint density at radius 2 is 1.76 bits per heavy atom. The molecule has 13 heteroatoms. The first-order chi connectivity index (χ1) is 15.7. The minimum Gasteiger partial charge on any atom is -0.382 e. The van der Waals surface area contributed by atoms with E-state index in [1.165, 1.54) is 13.4 Å². The molecule has 7 nitrogen and oxygen atoms in total. The number of benzene rings is 2. The number of aromatic nitrogens is 3. The van der Waals surface area contributed by atoms with Gasteiger partial charge in [0.25, 0.3) is 0 Å². The second kappa shape index (κ2) is 9.39. The van der Waals surface area contributed by atoms with Gasteiger partial charge in [0.2, 0.25) is 10.0 Å². The van der Waals surface area contributed by atoms with Gasteiger partial charge < -0.3 is 5.11 Å². The van der Waals surface area contributed by atoms with Gasteiger partial charge >= 0.3 is 6.18 Å². The number of aliphatic hydroxyl groups is 1. The van der Waals surface area contributed by atoms with Crippen molar-refractivity contribution in [2.24, 2.45) is 0 Å². The molecule has 0 unspecified atom stereocenters. The molecule has 3 aromatic rings. The fourth-order valence-electron chi connectivity index (χ4n) is 3.50. The van der Waals surface area contributed by atoms with E-state index in [0.29, 0.717) is 6.07 Å². The Bertz CT molecular complexity index is 1230. The molecule has 3 rings (SSSR count). The molecule has 0 saturated heterocycles. The minimum absolute atomic E-state index is 0.263. The van der Waals surface area contributed by atoms with Crippen LogP contribution in [0.1, 0.15) is 23.6 Å². The number of sulfonamides is 1. The zero-order valence-corrected chi connectivity index (χ0v) is 18.9. The van der Waals surface area contributed by atoms with Crippen LogP contribution >= 0.6 is 0 Å². The molecule has 2 aromatic carbocycles. The lowest BCUT2D eigenvalue weighted by Crippen LogP contribution is -2.50. The van der Waals surface area contributed by atoms with Crippen LogP contribution in [0.4, 0.5) is 22.0 Å². The van der Waals surface area contributed by atoms with Crippen molar-refractivity contribution in [3.63, 3.8) is 0 Å². The molecule has 0 bridgehead atoms. The van der Waals surface area contributed by atoms with E-state index in [2.05, 4.69) is 10.1 Å². The third-order valence-corrected chi connectivity index (χ3v) is 7.79. The topological polar surface area (TPSA) is 88.3 Å². The lowest BCUT2D eigenvalue weighted by atomic mass is 9.90. The quantitative estimate of drug-likeness (QED) is 0.476. The van der Waals surface area contributed by atoms with Crippen molar-refractivity contribution in [2.45, 2.75) is 37.0 Å². The summed E-state index contributed by atoms with van der Waals surface area (Å²) in [7, 11) is -3.19. The summed E-state index contributed by atoms with van der Waals surface area (Å²) in [5.41, 5.74) is -3.50. The van der Waals surface area contributed by atoms with Crippen LogP contribution in [0.3, 0.4) is 0 Å². The van der Waals surface area contributed by atoms with Crippen molar-refractivity contribution in [2.75, 3.05) is 7.05 Å². The molecular formula is C21H21F5N4O3S. The van der Waals surface area contributed by atoms with Crippen molar-refractivity contribution >= 4 is 10.0 Å². The Kier molecular flexibility index (Phi) is 7.10. The van der Waals surface area contributed by atoms with Gasteiger partial charge in [0.1, 0.15) is 35.1 Å². The van der Waals surface area contributed by atoms with E-state index in [1.807, 2.05) is 0 Å². The number of nitrogens with zero attached hydrogens (tertiary/aromatic N) is 4. The molecule has 0 aliphatic carbocycles. The van der Waals surface area contributed by atoms with Gasteiger partial charge in [0, 0.05) is 25.2 Å². The van der Waals surface area contributed by atoms with Crippen LogP contribution < -0.4 is 0 Å². The maximum atomic E-state index is 14.7. The molecule has 1 N–H and O–H groups in total. The van der Waals surface area contributed by atoms with Crippen LogP contribution in [0.2, 0.25) is 0 Å². The molecule has 184 valence electrons. The average molecular weight is 504 g/mol. The molecule has 0 amide bonds. The fraction of sp³-hybridized carbons (Fsp3) is 0.333. The Hall–Kier alpha value is -2.90. The summed E-state index contributed by atoms with van der Waals surface area (Å²) in [4.78, 5) is 3.72. The SMILES string of the molecule is C[C@H]([C@](O)(Cn1cncn1)c1ccc(F)cc1F)S(=O)(=O)N(C)Cc1ccc(C(F)(F)F)cc1. The maximum absolute atomic E-state index is 14.7. The number of halogens is 5. The summed E-state index contributed by atoms with van der Waals surface area (Å²) in [6.07, 6.45) is -2.21. The first kappa shape index (κ1) is 25.7. The van der Waals surface area contributed by atoms with Gasteiger partial charge in [-0.15, -0.1) is 0 Å². The highest BCUT2D eigenvalue weighted by atomic mass is 32.2. The summed E-state index contributed by atoms with van der Waals surface area (Å²) >= 11 is 0. The van der Waals surface area contributed by atoms with Gasteiger partial charge in [-0.3, -0.25) is 0 Å². The van der Waals surface area contributed by atoms with E-state index in [9.17, 15) is 35.5 Å². The highest BCUT2D eigenvalue weighted by Gasteiger charge is 2.47. The number of hydrogen-bond donors (Lipinski definition) is 1. The summed E-state index contributed by atoms with van der Waals surface area (Å²) < 4.78 is 95.1. The number of alkyl halides is 3. The Morgan fingerprint density at radius 1 is 1.12 bits per heavy atom. The second-order valence-electron chi connectivity index (χ2n) is 7.78. The van der Waals surface area contributed by atoms with E-state index in [-0.39, 0.29) is 12.1 Å². The van der Waals surface area contributed by atoms with E-state index >= 15 is 0 Å². The van der Waals surface area contributed by atoms with Crippen molar-refractivity contribution in [3.8, 4) is 0 Å². The first-order valence-corrected chi connectivity index (χ1v) is 11.4. The van der Waals surface area contributed by atoms with Gasteiger partial charge in [-0.1, -0.05) is 18.2 Å². The van der Waals surface area contributed by atoms with Crippen LogP contribution in [0.15, 0.2) is 55.1 Å². The highest BCUT2D eigenvalue weighted by molar-refractivity contribution is 7.89. The van der Waals surface area contributed by atoms with Crippen molar-refractivity contribution in [1.82, 2.24) is 19.1 Å². The second-order valence-corrected chi connectivity index (χ2v) is 10.1. The Balaban J connectivity index is 1.94. The summed E-state index contributed by atoms with van der Waals surface area (Å²) in [6.45, 7) is 0.318. The molecule has 0 fully saturated rings. The molecule has 1 heterocycles. The zero-order valence-electron chi connectivity index (χ0n) is 18.0. The summed E-state index contributed by atoms with van der Waals surface area (Å²) in [5, 5.41) is 13.6. The van der Waals surface area contributed by atoms with Gasteiger partial charge in [-0.25, -0.2) is 31.2 Å². The normalized spacial score (nSPS) is 15.3. The van der Waals surface area contributed by atoms with Gasteiger partial charge in [0.05, 0.1) is 12.1 Å². The molecule has 0 radical (unpaired) electrons. The minimum atomic E-state index is -4.54. The zero-order chi connectivity index (χ0) is 25.3. The van der Waals surface area contributed by atoms with Crippen molar-refractivity contribution in [3.05, 3.63) is 83.4 Å². The van der Waals surface area contributed by atoms with E-state index in [4.69, 9.17) is 0 Å². The predicted molar refractivity (Wildman–Crippen MR) is 112 cm³/mol. The lowest BCUT2D eigenvalue weighted by Gasteiger charge is -2.36. The molecule has 0 spiro atoms. The number of rotatable bonds is 8. The van der Waals surface area contributed by atoms with E-state index in [0.717, 1.165) is 58.6 Å². The maximum Gasteiger partial charge on any atom is 0.416 e. The van der Waals surface area contributed by atoms with E-state index < -0.39 is 56.4 Å². The Labute approximate surface area is 192 Å². The van der Waals surface area contributed by atoms with Crippen LogP contribution in [-0.4, -0.2) is 44.9 Å². The molecular weight excluding hydrogens is 483 g/mol. The molecule has 2 atom stereocenters. The third-order valence-electron chi connectivity index (χ3n) is 5.51. The van der Waals surface area contributed by atoms with Gasteiger partial charge in [-0.05, 0) is 30.7 Å². The van der Waals surface area contributed by atoms with Crippen molar-refractivity contribution in [1.29, 1.82) is 0 Å². The fourth-order valence-corrected chi connectivity index (χ4v) is 5.06. The lowest BCUT2D eigenvalue weighted by molar-refractivity contribution is -0.137.